The highest BCUT2D eigenvalue weighted by atomic mass is 79.9. The van der Waals surface area contributed by atoms with Crippen molar-refractivity contribution in [3.63, 3.8) is 0 Å². The van der Waals surface area contributed by atoms with Crippen molar-refractivity contribution in [2.45, 2.75) is 20.3 Å². The van der Waals surface area contributed by atoms with E-state index in [0.717, 1.165) is 15.4 Å². The molecule has 26 heavy (non-hydrogen) atoms. The van der Waals surface area contributed by atoms with Gasteiger partial charge in [-0.3, -0.25) is 4.79 Å². The Balaban J connectivity index is 2.23. The number of halogens is 2. The second-order valence-corrected chi connectivity index (χ2v) is 7.13. The number of anilines is 1. The number of rotatable bonds is 6. The van der Waals surface area contributed by atoms with Crippen LogP contribution in [0.4, 0.5) is 5.69 Å². The number of hydrogen-bond acceptors (Lipinski definition) is 3. The first-order valence-electron chi connectivity index (χ1n) is 8.12. The summed E-state index contributed by atoms with van der Waals surface area (Å²) in [5, 5.41) is 12.1. The van der Waals surface area contributed by atoms with Gasteiger partial charge in [0, 0.05) is 5.69 Å². The molecule has 2 rings (SSSR count). The van der Waals surface area contributed by atoms with Gasteiger partial charge in [0.15, 0.2) is 0 Å². The maximum absolute atomic E-state index is 12.4. The van der Waals surface area contributed by atoms with Crippen LogP contribution in [0, 0.1) is 11.3 Å². The van der Waals surface area contributed by atoms with Crippen LogP contribution in [0.3, 0.4) is 0 Å². The fourth-order valence-corrected chi connectivity index (χ4v) is 3.73. The fraction of sp³-hybridized carbons (Fsp3) is 0.200. The Morgan fingerprint density at radius 1 is 1.19 bits per heavy atom. The zero-order valence-corrected chi connectivity index (χ0v) is 17.6. The summed E-state index contributed by atoms with van der Waals surface area (Å²) in [5.74, 6) is 0.238. The van der Waals surface area contributed by atoms with E-state index in [9.17, 15) is 10.1 Å². The molecule has 4 nitrogen and oxygen atoms in total. The van der Waals surface area contributed by atoms with Gasteiger partial charge < -0.3 is 10.1 Å². The fourth-order valence-electron chi connectivity index (χ4n) is 2.28. The summed E-state index contributed by atoms with van der Waals surface area (Å²) in [5.41, 5.74) is 2.57. The lowest BCUT2D eigenvalue weighted by Gasteiger charge is -2.10. The first-order valence-corrected chi connectivity index (χ1v) is 9.71. The molecular formula is C20H18Br2N2O2. The second kappa shape index (κ2) is 9.56. The smallest absolute Gasteiger partial charge is 0.266 e. The minimum atomic E-state index is -0.446. The van der Waals surface area contributed by atoms with Gasteiger partial charge in [0.2, 0.25) is 0 Å². The molecule has 0 unspecified atom stereocenters. The lowest BCUT2D eigenvalue weighted by molar-refractivity contribution is -0.112. The number of aryl methyl sites for hydroxylation is 1. The number of carbonyl (C=O) groups excluding carboxylic acids is 1. The van der Waals surface area contributed by atoms with E-state index in [4.69, 9.17) is 4.74 Å². The number of carbonyl (C=O) groups is 1. The third kappa shape index (κ3) is 5.20. The van der Waals surface area contributed by atoms with Crippen molar-refractivity contribution in [2.24, 2.45) is 0 Å². The third-order valence-electron chi connectivity index (χ3n) is 3.61. The lowest BCUT2D eigenvalue weighted by atomic mass is 10.1. The molecule has 0 heterocycles. The van der Waals surface area contributed by atoms with Gasteiger partial charge in [-0.1, -0.05) is 19.1 Å². The minimum Gasteiger partial charge on any atom is -0.492 e. The van der Waals surface area contributed by atoms with E-state index in [1.165, 1.54) is 5.56 Å². The zero-order valence-electron chi connectivity index (χ0n) is 14.5. The average Bonchev–Trinajstić information content (AvgIpc) is 2.63. The van der Waals surface area contributed by atoms with Crippen LogP contribution in [0.5, 0.6) is 5.75 Å². The van der Waals surface area contributed by atoms with Gasteiger partial charge in [0.1, 0.15) is 17.4 Å². The first-order chi connectivity index (χ1) is 12.5. The van der Waals surface area contributed by atoms with E-state index in [-0.39, 0.29) is 5.57 Å². The van der Waals surface area contributed by atoms with Crippen LogP contribution in [0.15, 0.2) is 50.9 Å². The Kier molecular flexibility index (Phi) is 7.43. The van der Waals surface area contributed by atoms with Crippen molar-refractivity contribution in [1.29, 1.82) is 5.26 Å². The van der Waals surface area contributed by atoms with E-state index in [0.29, 0.717) is 23.6 Å². The quantitative estimate of drug-likeness (QED) is 0.427. The maximum atomic E-state index is 12.4. The molecule has 1 amide bonds. The van der Waals surface area contributed by atoms with Crippen LogP contribution in [-0.2, 0) is 11.2 Å². The molecule has 0 saturated heterocycles. The van der Waals surface area contributed by atoms with E-state index in [2.05, 4.69) is 44.1 Å². The minimum absolute atomic E-state index is 0.0209. The number of ether oxygens (including phenoxy) is 1. The molecule has 2 aromatic rings. The summed E-state index contributed by atoms with van der Waals surface area (Å²) in [4.78, 5) is 12.4. The van der Waals surface area contributed by atoms with E-state index >= 15 is 0 Å². The van der Waals surface area contributed by atoms with Crippen LogP contribution >= 0.6 is 31.9 Å². The highest BCUT2D eigenvalue weighted by Gasteiger charge is 2.12. The molecule has 2 aromatic carbocycles. The Bertz CT molecular complexity index is 845. The summed E-state index contributed by atoms with van der Waals surface area (Å²) in [6, 6.07) is 13.1. The second-order valence-electron chi connectivity index (χ2n) is 5.42. The van der Waals surface area contributed by atoms with Crippen molar-refractivity contribution in [3.8, 4) is 11.8 Å². The van der Waals surface area contributed by atoms with Crippen molar-refractivity contribution in [1.82, 2.24) is 0 Å². The summed E-state index contributed by atoms with van der Waals surface area (Å²) in [6.45, 7) is 4.50. The normalized spacial score (nSPS) is 11.0. The van der Waals surface area contributed by atoms with Gasteiger partial charge in [-0.2, -0.15) is 5.26 Å². The Morgan fingerprint density at radius 2 is 1.81 bits per heavy atom. The molecule has 0 aliphatic rings. The molecule has 0 bridgehead atoms. The number of benzene rings is 2. The van der Waals surface area contributed by atoms with E-state index < -0.39 is 5.91 Å². The molecule has 0 spiro atoms. The van der Waals surface area contributed by atoms with Crippen LogP contribution in [0.2, 0.25) is 0 Å². The van der Waals surface area contributed by atoms with Gasteiger partial charge in [0.05, 0.1) is 15.6 Å². The largest absolute Gasteiger partial charge is 0.492 e. The van der Waals surface area contributed by atoms with E-state index in [1.54, 1.807) is 18.2 Å². The summed E-state index contributed by atoms with van der Waals surface area (Å²) in [6.07, 6.45) is 2.47. The monoisotopic (exact) mass is 476 g/mol. The van der Waals surface area contributed by atoms with Crippen molar-refractivity contribution >= 4 is 49.5 Å². The number of nitrogens with one attached hydrogen (secondary N) is 1. The molecular weight excluding hydrogens is 460 g/mol. The molecule has 0 aromatic heterocycles. The van der Waals surface area contributed by atoms with Crippen LogP contribution in [0.1, 0.15) is 25.0 Å². The average molecular weight is 478 g/mol. The molecule has 1 N–H and O–H groups in total. The highest BCUT2D eigenvalue weighted by molar-refractivity contribution is 9.11. The van der Waals surface area contributed by atoms with Crippen molar-refractivity contribution in [2.75, 3.05) is 11.9 Å². The Hall–Kier alpha value is -2.10. The summed E-state index contributed by atoms with van der Waals surface area (Å²) in [7, 11) is 0. The predicted octanol–water partition coefficient (Wildman–Crippen LogP) is 5.72. The Morgan fingerprint density at radius 3 is 2.31 bits per heavy atom. The maximum Gasteiger partial charge on any atom is 0.266 e. The van der Waals surface area contributed by atoms with E-state index in [1.807, 2.05) is 37.3 Å². The predicted molar refractivity (Wildman–Crippen MR) is 111 cm³/mol. The van der Waals surface area contributed by atoms with Crippen molar-refractivity contribution < 1.29 is 9.53 Å². The first kappa shape index (κ1) is 20.2. The number of nitrogens with zero attached hydrogens (tertiary/aromatic N) is 1. The molecule has 0 aliphatic heterocycles. The standard InChI is InChI=1S/C20H18Br2N2O2/c1-3-13-5-7-16(8-6-13)24-20(25)15(12-23)9-14-10-17(21)19(26-4-2)18(22)11-14/h5-11H,3-4H2,1-2H3,(H,24,25)/b15-9+. The topological polar surface area (TPSA) is 62.1 Å². The summed E-state index contributed by atoms with van der Waals surface area (Å²) < 4.78 is 7.03. The van der Waals surface area contributed by atoms with Crippen LogP contribution in [0.25, 0.3) is 6.08 Å². The molecule has 0 radical (unpaired) electrons. The van der Waals surface area contributed by atoms with Crippen LogP contribution < -0.4 is 10.1 Å². The Labute approximate surface area is 170 Å². The van der Waals surface area contributed by atoms with Gasteiger partial charge in [-0.25, -0.2) is 0 Å². The van der Waals surface area contributed by atoms with Gasteiger partial charge in [0.25, 0.3) is 5.91 Å². The SMILES string of the molecule is CCOc1c(Br)cc(/C=C(\C#N)C(=O)Nc2ccc(CC)cc2)cc1Br. The van der Waals surface area contributed by atoms with Crippen molar-refractivity contribution in [3.05, 3.63) is 62.0 Å². The highest BCUT2D eigenvalue weighted by Crippen LogP contribution is 2.35. The van der Waals surface area contributed by atoms with Gasteiger partial charge >= 0.3 is 0 Å². The zero-order chi connectivity index (χ0) is 19.1. The number of amides is 1. The van der Waals surface area contributed by atoms with Crippen LogP contribution in [-0.4, -0.2) is 12.5 Å². The van der Waals surface area contributed by atoms with Gasteiger partial charge in [-0.15, -0.1) is 0 Å². The molecule has 0 fully saturated rings. The number of nitriles is 1. The molecule has 0 saturated carbocycles. The lowest BCUT2D eigenvalue weighted by Crippen LogP contribution is -2.13. The third-order valence-corrected chi connectivity index (χ3v) is 4.78. The summed E-state index contributed by atoms with van der Waals surface area (Å²) >= 11 is 6.89. The molecule has 0 aliphatic carbocycles. The number of hydrogen-bond donors (Lipinski definition) is 1. The molecule has 0 atom stereocenters. The molecule has 6 heteroatoms. The van der Waals surface area contributed by atoms with Gasteiger partial charge in [-0.05, 0) is 86.7 Å². The molecule has 134 valence electrons.